The van der Waals surface area contributed by atoms with E-state index in [9.17, 15) is 4.79 Å². The Kier molecular flexibility index (Phi) is 2.27. The molecule has 0 spiro atoms. The first-order valence-electron chi connectivity index (χ1n) is 4.95. The van der Waals surface area contributed by atoms with E-state index in [2.05, 4.69) is 9.55 Å². The second-order valence-corrected chi connectivity index (χ2v) is 3.71. The molecule has 76 valence electrons. The zero-order valence-corrected chi connectivity index (χ0v) is 8.29. The quantitative estimate of drug-likeness (QED) is 0.785. The Morgan fingerprint density at radius 3 is 3.07 bits per heavy atom. The highest BCUT2D eigenvalue weighted by Crippen LogP contribution is 2.20. The smallest absolute Gasteiger partial charge is 0.303 e. The lowest BCUT2D eigenvalue weighted by Gasteiger charge is -2.00. The average molecular weight is 194 g/mol. The van der Waals surface area contributed by atoms with Crippen LogP contribution in [0.1, 0.15) is 30.1 Å². The highest BCUT2D eigenvalue weighted by Gasteiger charge is 2.18. The Bertz CT molecular complexity index is 368. The molecule has 4 nitrogen and oxygen atoms in total. The van der Waals surface area contributed by atoms with Crippen LogP contribution in [-0.2, 0) is 24.2 Å². The average Bonchev–Trinajstić information content (AvgIpc) is 2.66. The zero-order valence-electron chi connectivity index (χ0n) is 8.29. The van der Waals surface area contributed by atoms with Gasteiger partial charge >= 0.3 is 5.97 Å². The number of aromatic nitrogens is 2. The van der Waals surface area contributed by atoms with Crippen molar-refractivity contribution in [2.45, 2.75) is 39.2 Å². The van der Waals surface area contributed by atoms with E-state index in [4.69, 9.17) is 5.11 Å². The molecule has 1 N–H and O–H groups in total. The summed E-state index contributed by atoms with van der Waals surface area (Å²) in [6, 6.07) is 0. The maximum atomic E-state index is 10.4. The predicted molar refractivity (Wildman–Crippen MR) is 51.2 cm³/mol. The van der Waals surface area contributed by atoms with Gasteiger partial charge in [0.25, 0.3) is 0 Å². The summed E-state index contributed by atoms with van der Waals surface area (Å²) in [5.41, 5.74) is 2.11. The van der Waals surface area contributed by atoms with Gasteiger partial charge in [-0.05, 0) is 13.3 Å². The lowest BCUT2D eigenvalue weighted by Crippen LogP contribution is -2.00. The first kappa shape index (κ1) is 9.24. The minimum Gasteiger partial charge on any atom is -0.481 e. The van der Waals surface area contributed by atoms with Gasteiger partial charge in [-0.2, -0.15) is 0 Å². The van der Waals surface area contributed by atoms with Gasteiger partial charge in [0.1, 0.15) is 5.82 Å². The van der Waals surface area contributed by atoms with E-state index in [0.29, 0.717) is 6.42 Å². The molecule has 0 amide bonds. The van der Waals surface area contributed by atoms with Crippen LogP contribution in [0.4, 0.5) is 0 Å². The van der Waals surface area contributed by atoms with Gasteiger partial charge < -0.3 is 9.67 Å². The molecular weight excluding hydrogens is 180 g/mol. The Morgan fingerprint density at radius 1 is 1.64 bits per heavy atom. The second-order valence-electron chi connectivity index (χ2n) is 3.71. The Balaban J connectivity index is 2.15. The highest BCUT2D eigenvalue weighted by atomic mass is 16.4. The van der Waals surface area contributed by atoms with Crippen molar-refractivity contribution in [3.8, 4) is 0 Å². The lowest BCUT2D eigenvalue weighted by molar-refractivity contribution is -0.136. The lowest BCUT2D eigenvalue weighted by atomic mass is 10.2. The van der Waals surface area contributed by atoms with E-state index >= 15 is 0 Å². The van der Waals surface area contributed by atoms with Crippen LogP contribution in [0.25, 0.3) is 0 Å². The molecule has 0 aliphatic carbocycles. The van der Waals surface area contributed by atoms with Gasteiger partial charge in [-0.1, -0.05) is 0 Å². The molecule has 0 radical (unpaired) electrons. The maximum Gasteiger partial charge on any atom is 0.303 e. The van der Waals surface area contributed by atoms with Gasteiger partial charge in [0, 0.05) is 25.1 Å². The Labute approximate surface area is 82.6 Å². The van der Waals surface area contributed by atoms with E-state index < -0.39 is 5.97 Å². The predicted octanol–water partition coefficient (Wildman–Crippen LogP) is 1.15. The van der Waals surface area contributed by atoms with Crippen LogP contribution in [0.15, 0.2) is 0 Å². The number of carbonyl (C=O) groups is 1. The second kappa shape index (κ2) is 3.44. The monoisotopic (exact) mass is 194 g/mol. The molecule has 0 unspecified atom stereocenters. The molecular formula is C10H14N2O2. The molecule has 2 heterocycles. The summed E-state index contributed by atoms with van der Waals surface area (Å²) < 4.78 is 2.21. The standard InChI is InChI=1S/C10H14N2O2/c1-7-8(4-5-10(13)14)11-9-3-2-6-12(7)9/h2-6H2,1H3,(H,13,14). The van der Waals surface area contributed by atoms with Crippen molar-refractivity contribution in [2.24, 2.45) is 0 Å². The number of aliphatic carboxylic acids is 1. The molecule has 0 aromatic carbocycles. The first-order valence-corrected chi connectivity index (χ1v) is 4.95. The largest absolute Gasteiger partial charge is 0.481 e. The van der Waals surface area contributed by atoms with Crippen LogP contribution in [0.3, 0.4) is 0 Å². The number of nitrogens with zero attached hydrogens (tertiary/aromatic N) is 2. The third kappa shape index (κ3) is 1.52. The van der Waals surface area contributed by atoms with Crippen molar-refractivity contribution in [3.05, 3.63) is 17.2 Å². The van der Waals surface area contributed by atoms with E-state index in [0.717, 1.165) is 30.2 Å². The minimum atomic E-state index is -0.752. The molecule has 1 aromatic rings. The zero-order chi connectivity index (χ0) is 10.1. The number of aryl methyl sites for hydroxylation is 2. The number of carboxylic acid groups (broad SMARTS) is 1. The molecule has 0 saturated carbocycles. The van der Waals surface area contributed by atoms with Crippen molar-refractivity contribution in [1.82, 2.24) is 9.55 Å². The minimum absolute atomic E-state index is 0.178. The van der Waals surface area contributed by atoms with E-state index in [1.165, 1.54) is 6.42 Å². The van der Waals surface area contributed by atoms with Gasteiger partial charge in [-0.3, -0.25) is 4.79 Å². The van der Waals surface area contributed by atoms with Gasteiger partial charge in [0.2, 0.25) is 0 Å². The number of hydrogen-bond acceptors (Lipinski definition) is 2. The van der Waals surface area contributed by atoms with Gasteiger partial charge in [-0.25, -0.2) is 4.98 Å². The SMILES string of the molecule is Cc1c(CCC(=O)O)nc2n1CCC2. The molecule has 0 bridgehead atoms. The number of fused-ring (bicyclic) bond motifs is 1. The summed E-state index contributed by atoms with van der Waals surface area (Å²) in [5, 5.41) is 8.58. The third-order valence-electron chi connectivity index (χ3n) is 2.76. The Hall–Kier alpha value is -1.32. The van der Waals surface area contributed by atoms with Crippen molar-refractivity contribution in [1.29, 1.82) is 0 Å². The molecule has 2 rings (SSSR count). The normalized spacial score (nSPS) is 14.4. The van der Waals surface area contributed by atoms with Crippen LogP contribution >= 0.6 is 0 Å². The Morgan fingerprint density at radius 2 is 2.43 bits per heavy atom. The van der Waals surface area contributed by atoms with Crippen molar-refractivity contribution >= 4 is 5.97 Å². The molecule has 1 aliphatic heterocycles. The van der Waals surface area contributed by atoms with Crippen LogP contribution in [0.2, 0.25) is 0 Å². The molecule has 1 aliphatic rings. The van der Waals surface area contributed by atoms with Gasteiger partial charge in [0.05, 0.1) is 12.1 Å². The molecule has 0 fully saturated rings. The summed E-state index contributed by atoms with van der Waals surface area (Å²) in [6.07, 6.45) is 2.94. The van der Waals surface area contributed by atoms with Gasteiger partial charge in [-0.15, -0.1) is 0 Å². The number of hydrogen-bond donors (Lipinski definition) is 1. The van der Waals surface area contributed by atoms with Crippen LogP contribution < -0.4 is 0 Å². The third-order valence-corrected chi connectivity index (χ3v) is 2.76. The molecule has 4 heteroatoms. The summed E-state index contributed by atoms with van der Waals surface area (Å²) in [6.45, 7) is 3.07. The number of rotatable bonds is 3. The maximum absolute atomic E-state index is 10.4. The highest BCUT2D eigenvalue weighted by molar-refractivity contribution is 5.67. The van der Waals surface area contributed by atoms with E-state index in [-0.39, 0.29) is 6.42 Å². The molecule has 1 aromatic heterocycles. The topological polar surface area (TPSA) is 55.1 Å². The summed E-state index contributed by atoms with van der Waals surface area (Å²) in [5.74, 6) is 0.375. The van der Waals surface area contributed by atoms with Crippen molar-refractivity contribution < 1.29 is 9.90 Å². The summed E-state index contributed by atoms with van der Waals surface area (Å²) >= 11 is 0. The summed E-state index contributed by atoms with van der Waals surface area (Å²) in [4.78, 5) is 14.9. The van der Waals surface area contributed by atoms with E-state index in [1.807, 2.05) is 6.92 Å². The number of imidazole rings is 1. The van der Waals surface area contributed by atoms with Gasteiger partial charge in [0.15, 0.2) is 0 Å². The molecule has 0 atom stereocenters. The van der Waals surface area contributed by atoms with Crippen LogP contribution in [0, 0.1) is 6.92 Å². The number of carboxylic acids is 1. The molecule has 14 heavy (non-hydrogen) atoms. The fourth-order valence-corrected chi connectivity index (χ4v) is 1.99. The summed E-state index contributed by atoms with van der Waals surface area (Å²) in [7, 11) is 0. The molecule has 0 saturated heterocycles. The van der Waals surface area contributed by atoms with Crippen molar-refractivity contribution in [3.63, 3.8) is 0 Å². The fourth-order valence-electron chi connectivity index (χ4n) is 1.99. The van der Waals surface area contributed by atoms with Crippen molar-refractivity contribution in [2.75, 3.05) is 0 Å². The fraction of sp³-hybridized carbons (Fsp3) is 0.600. The first-order chi connectivity index (χ1) is 6.68. The van der Waals surface area contributed by atoms with Crippen LogP contribution in [-0.4, -0.2) is 20.6 Å². The van der Waals surface area contributed by atoms with Crippen LogP contribution in [0.5, 0.6) is 0 Å². The van der Waals surface area contributed by atoms with E-state index in [1.54, 1.807) is 0 Å².